The largest absolute Gasteiger partial charge is 0.390 e. The molecule has 2 saturated heterocycles. The zero-order chi connectivity index (χ0) is 15.5. The maximum absolute atomic E-state index is 11.6. The number of hydrogen-bond acceptors (Lipinski definition) is 6. The van der Waals surface area contributed by atoms with Gasteiger partial charge < -0.3 is 14.7 Å². The molecule has 122 valence electrons. The first-order chi connectivity index (χ1) is 10.6. The van der Waals surface area contributed by atoms with E-state index in [1.807, 2.05) is 6.92 Å². The summed E-state index contributed by atoms with van der Waals surface area (Å²) in [5.41, 5.74) is 0. The minimum atomic E-state index is -0.533. The number of carbonyl (C=O) groups excluding carboxylic acids is 1. The number of H-pyrrole nitrogens is 1. The van der Waals surface area contributed by atoms with Crippen LogP contribution in [0.2, 0.25) is 0 Å². The Balaban J connectivity index is 1.50. The van der Waals surface area contributed by atoms with Crippen LogP contribution in [0.15, 0.2) is 0 Å². The second-order valence-electron chi connectivity index (χ2n) is 6.00. The summed E-state index contributed by atoms with van der Waals surface area (Å²) in [6.45, 7) is 5.58. The van der Waals surface area contributed by atoms with Crippen molar-refractivity contribution in [1.29, 1.82) is 0 Å². The lowest BCUT2D eigenvalue weighted by molar-refractivity contribution is -0.129. The molecule has 0 radical (unpaired) electrons. The second kappa shape index (κ2) is 6.72. The van der Waals surface area contributed by atoms with Gasteiger partial charge in [0.05, 0.1) is 12.7 Å². The van der Waals surface area contributed by atoms with Crippen LogP contribution in [0, 0.1) is 6.92 Å². The fourth-order valence-electron chi connectivity index (χ4n) is 3.04. The first-order valence-electron chi connectivity index (χ1n) is 7.80. The molecule has 3 rings (SSSR count). The zero-order valence-electron chi connectivity index (χ0n) is 12.9. The number of β-amino-alcohol motifs (C(OH)–C–C–N with tert-alkyl or cyclic N) is 1. The molecule has 8 nitrogen and oxygen atoms in total. The third kappa shape index (κ3) is 3.63. The fraction of sp³-hybridized carbons (Fsp3) is 0.786. The van der Waals surface area contributed by atoms with Crippen molar-refractivity contribution in [3.05, 3.63) is 11.6 Å². The summed E-state index contributed by atoms with van der Waals surface area (Å²) in [4.78, 5) is 19.8. The van der Waals surface area contributed by atoms with E-state index in [2.05, 4.69) is 20.1 Å². The van der Waals surface area contributed by atoms with Gasteiger partial charge in [-0.3, -0.25) is 14.8 Å². The molecule has 8 heteroatoms. The maximum atomic E-state index is 11.6. The summed E-state index contributed by atoms with van der Waals surface area (Å²) < 4.78 is 5.71. The molecule has 0 saturated carbocycles. The van der Waals surface area contributed by atoms with Crippen LogP contribution < -0.4 is 0 Å². The number of aliphatic hydroxyl groups excluding tert-OH is 1. The number of aromatic amines is 1. The van der Waals surface area contributed by atoms with Crippen molar-refractivity contribution in [1.82, 2.24) is 25.0 Å². The standard InChI is InChI=1S/C14H23N5O3/c1-10-15-14(17-16-10)12-9-18(5-6-22-12)7-11(20)8-19-4-2-3-13(19)21/h11-12,20H,2-9H2,1H3,(H,15,16,17)/t11-,12+/m1/s1. The van der Waals surface area contributed by atoms with Gasteiger partial charge in [0.15, 0.2) is 5.82 Å². The molecular formula is C14H23N5O3. The zero-order valence-corrected chi connectivity index (χ0v) is 12.9. The van der Waals surface area contributed by atoms with E-state index in [9.17, 15) is 9.90 Å². The predicted octanol–water partition coefficient (Wildman–Crippen LogP) is -0.530. The van der Waals surface area contributed by atoms with Crippen molar-refractivity contribution in [2.75, 3.05) is 39.3 Å². The summed E-state index contributed by atoms with van der Waals surface area (Å²) in [7, 11) is 0. The van der Waals surface area contributed by atoms with Gasteiger partial charge in [-0.05, 0) is 13.3 Å². The van der Waals surface area contributed by atoms with E-state index in [0.29, 0.717) is 38.5 Å². The molecule has 22 heavy (non-hydrogen) atoms. The molecule has 2 atom stereocenters. The number of ether oxygens (including phenoxy) is 1. The number of amides is 1. The van der Waals surface area contributed by atoms with Crippen molar-refractivity contribution in [3.63, 3.8) is 0 Å². The Kier molecular flexibility index (Phi) is 4.70. The molecule has 2 N–H and O–H groups in total. The van der Waals surface area contributed by atoms with Crippen LogP contribution in [0.5, 0.6) is 0 Å². The van der Waals surface area contributed by atoms with Crippen molar-refractivity contribution >= 4 is 5.91 Å². The molecule has 0 aromatic carbocycles. The highest BCUT2D eigenvalue weighted by Crippen LogP contribution is 2.19. The lowest BCUT2D eigenvalue weighted by Gasteiger charge is -2.33. The third-order valence-electron chi connectivity index (χ3n) is 4.12. The minimum absolute atomic E-state index is 0.148. The van der Waals surface area contributed by atoms with Crippen LogP contribution in [0.4, 0.5) is 0 Å². The van der Waals surface area contributed by atoms with Crippen LogP contribution in [0.1, 0.15) is 30.6 Å². The second-order valence-corrected chi connectivity index (χ2v) is 6.00. The van der Waals surface area contributed by atoms with Crippen LogP contribution >= 0.6 is 0 Å². The van der Waals surface area contributed by atoms with Crippen LogP contribution in [-0.4, -0.2) is 81.4 Å². The van der Waals surface area contributed by atoms with Crippen molar-refractivity contribution in [2.24, 2.45) is 0 Å². The molecule has 2 aliphatic heterocycles. The number of carbonyl (C=O) groups is 1. The Hall–Kier alpha value is -1.51. The molecule has 2 aliphatic rings. The number of aromatic nitrogens is 3. The Bertz CT molecular complexity index is 520. The summed E-state index contributed by atoms with van der Waals surface area (Å²) in [5, 5.41) is 17.2. The summed E-state index contributed by atoms with van der Waals surface area (Å²) >= 11 is 0. The number of nitrogens with one attached hydrogen (secondary N) is 1. The molecule has 1 aromatic heterocycles. The normalized spacial score (nSPS) is 24.9. The van der Waals surface area contributed by atoms with Gasteiger partial charge in [-0.15, -0.1) is 0 Å². The van der Waals surface area contributed by atoms with E-state index >= 15 is 0 Å². The maximum Gasteiger partial charge on any atom is 0.222 e. The molecule has 0 bridgehead atoms. The smallest absolute Gasteiger partial charge is 0.222 e. The molecule has 1 aromatic rings. The number of aryl methyl sites for hydroxylation is 1. The Morgan fingerprint density at radius 3 is 3.00 bits per heavy atom. The molecule has 2 fully saturated rings. The lowest BCUT2D eigenvalue weighted by Crippen LogP contribution is -2.45. The van der Waals surface area contributed by atoms with Gasteiger partial charge in [-0.1, -0.05) is 0 Å². The SMILES string of the molecule is Cc1nc([C@@H]2CN(C[C@@H](O)CN3CCCC3=O)CCO2)n[nH]1. The molecule has 3 heterocycles. The minimum Gasteiger partial charge on any atom is -0.390 e. The van der Waals surface area contributed by atoms with E-state index in [1.165, 1.54) is 0 Å². The van der Waals surface area contributed by atoms with E-state index < -0.39 is 6.10 Å². The topological polar surface area (TPSA) is 94.6 Å². The van der Waals surface area contributed by atoms with Gasteiger partial charge in [-0.25, -0.2) is 4.98 Å². The van der Waals surface area contributed by atoms with Crippen LogP contribution in [-0.2, 0) is 9.53 Å². The average molecular weight is 309 g/mol. The summed E-state index contributed by atoms with van der Waals surface area (Å²) in [6, 6.07) is 0. The van der Waals surface area contributed by atoms with Crippen molar-refractivity contribution in [2.45, 2.75) is 32.0 Å². The molecule has 1 amide bonds. The first-order valence-corrected chi connectivity index (χ1v) is 7.80. The average Bonchev–Trinajstić information content (AvgIpc) is 3.09. The highest BCUT2D eigenvalue weighted by Gasteiger charge is 2.28. The van der Waals surface area contributed by atoms with Gasteiger partial charge in [0.1, 0.15) is 11.9 Å². The monoisotopic (exact) mass is 309 g/mol. The summed E-state index contributed by atoms with van der Waals surface area (Å²) in [6.07, 6.45) is 0.806. The molecule has 0 aliphatic carbocycles. The highest BCUT2D eigenvalue weighted by molar-refractivity contribution is 5.78. The fourth-order valence-corrected chi connectivity index (χ4v) is 3.04. The number of hydrogen-bond donors (Lipinski definition) is 2. The van der Waals surface area contributed by atoms with E-state index in [0.717, 1.165) is 25.3 Å². The Morgan fingerprint density at radius 1 is 1.45 bits per heavy atom. The third-order valence-corrected chi connectivity index (χ3v) is 4.12. The van der Waals surface area contributed by atoms with Gasteiger partial charge in [-0.2, -0.15) is 5.10 Å². The van der Waals surface area contributed by atoms with Gasteiger partial charge in [0.25, 0.3) is 0 Å². The number of likely N-dealkylation sites (tertiary alicyclic amines) is 1. The van der Waals surface area contributed by atoms with Crippen molar-refractivity contribution in [3.8, 4) is 0 Å². The summed E-state index contributed by atoms with van der Waals surface area (Å²) in [5.74, 6) is 1.57. The van der Waals surface area contributed by atoms with E-state index in [-0.39, 0.29) is 12.0 Å². The van der Waals surface area contributed by atoms with Crippen LogP contribution in [0.3, 0.4) is 0 Å². The number of rotatable bonds is 5. The molecule has 0 unspecified atom stereocenters. The number of nitrogens with zero attached hydrogens (tertiary/aromatic N) is 4. The Labute approximate surface area is 129 Å². The quantitative estimate of drug-likeness (QED) is 0.759. The number of aliphatic hydroxyl groups is 1. The van der Waals surface area contributed by atoms with Gasteiger partial charge >= 0.3 is 0 Å². The molecular weight excluding hydrogens is 286 g/mol. The number of morpholine rings is 1. The highest BCUT2D eigenvalue weighted by atomic mass is 16.5. The lowest BCUT2D eigenvalue weighted by atomic mass is 10.2. The first kappa shape index (κ1) is 15.4. The Morgan fingerprint density at radius 2 is 2.32 bits per heavy atom. The van der Waals surface area contributed by atoms with Crippen molar-refractivity contribution < 1.29 is 14.6 Å². The van der Waals surface area contributed by atoms with E-state index in [1.54, 1.807) is 4.90 Å². The van der Waals surface area contributed by atoms with Gasteiger partial charge in [0.2, 0.25) is 5.91 Å². The predicted molar refractivity (Wildman–Crippen MR) is 78.1 cm³/mol. The van der Waals surface area contributed by atoms with Gasteiger partial charge in [0, 0.05) is 39.1 Å². The molecule has 0 spiro atoms. The van der Waals surface area contributed by atoms with Crippen LogP contribution in [0.25, 0.3) is 0 Å². The van der Waals surface area contributed by atoms with E-state index in [4.69, 9.17) is 4.74 Å².